The van der Waals surface area contributed by atoms with Crippen molar-refractivity contribution >= 4 is 79.7 Å². The number of aryl methyl sites for hydroxylation is 2. The van der Waals surface area contributed by atoms with Crippen LogP contribution in [0.15, 0.2) is 60.7 Å². The van der Waals surface area contributed by atoms with E-state index >= 15 is 0 Å². The number of hydrogen-bond donors (Lipinski definition) is 6. The number of hydroxylamine groups is 2. The van der Waals surface area contributed by atoms with Crippen molar-refractivity contribution in [3.05, 3.63) is 113 Å². The molecule has 0 atom stereocenters. The first-order chi connectivity index (χ1) is 24.7. The standard InChI is InChI=1S/C19H21F2IN2O3.C18H19F2IN2O3/c1-11-8-12(22)4-7-15(11)23-17-13(5-6-14(20)16(17)21)18(26)24-27-10-19(2,3)9-25;1-10-8-11(21)4-7-14(10)22-16-12(5-6-13(19)15(16)20)17(24)23-26-9-18(2,3)25/h4-8,23,25H,9-10H2,1-3H3,(H,24,26);4-8,22,25H,9H2,1-3H3,(H,23,24). The molecule has 0 radical (unpaired) electrons. The molecule has 0 aromatic heterocycles. The third kappa shape index (κ3) is 13.1. The summed E-state index contributed by atoms with van der Waals surface area (Å²) in [6.07, 6.45) is 0. The van der Waals surface area contributed by atoms with Crippen LogP contribution in [0.25, 0.3) is 0 Å². The van der Waals surface area contributed by atoms with Crippen molar-refractivity contribution in [2.24, 2.45) is 5.41 Å². The van der Waals surface area contributed by atoms with Gasteiger partial charge in [0.15, 0.2) is 23.3 Å². The summed E-state index contributed by atoms with van der Waals surface area (Å²) in [4.78, 5) is 34.7. The molecule has 16 heteroatoms. The summed E-state index contributed by atoms with van der Waals surface area (Å²) in [6, 6.07) is 14.9. The Morgan fingerprint density at radius 1 is 0.679 bits per heavy atom. The van der Waals surface area contributed by atoms with Gasteiger partial charge in [-0.1, -0.05) is 13.8 Å². The SMILES string of the molecule is Cc1cc(I)ccc1Nc1c(C(=O)NOCC(C)(C)CO)ccc(F)c1F.Cc1cc(I)ccc1Nc1c(C(=O)NOCC(C)(C)O)ccc(F)c1F. The van der Waals surface area contributed by atoms with E-state index < -0.39 is 46.1 Å². The molecule has 0 aliphatic rings. The molecule has 53 heavy (non-hydrogen) atoms. The molecule has 0 fully saturated rings. The zero-order valence-electron chi connectivity index (χ0n) is 29.7. The van der Waals surface area contributed by atoms with E-state index in [9.17, 15) is 37.4 Å². The van der Waals surface area contributed by atoms with Crippen molar-refractivity contribution in [2.45, 2.75) is 47.1 Å². The lowest BCUT2D eigenvalue weighted by atomic mass is 9.97. The molecular weight excluding hydrogens is 926 g/mol. The first-order valence-corrected chi connectivity index (χ1v) is 18.1. The fourth-order valence-electron chi connectivity index (χ4n) is 4.26. The first-order valence-electron chi connectivity index (χ1n) is 15.9. The Kier molecular flexibility index (Phi) is 15.8. The van der Waals surface area contributed by atoms with Crippen LogP contribution in [0.2, 0.25) is 0 Å². The van der Waals surface area contributed by atoms with E-state index in [4.69, 9.17) is 9.68 Å². The van der Waals surface area contributed by atoms with Crippen molar-refractivity contribution in [2.75, 3.05) is 30.5 Å². The summed E-state index contributed by atoms with van der Waals surface area (Å²) in [5.41, 5.74) is 4.55. The van der Waals surface area contributed by atoms with Crippen LogP contribution in [-0.2, 0) is 9.68 Å². The van der Waals surface area contributed by atoms with Gasteiger partial charge in [0.25, 0.3) is 11.8 Å². The van der Waals surface area contributed by atoms with Gasteiger partial charge in [0.2, 0.25) is 0 Å². The molecule has 4 aromatic rings. The van der Waals surface area contributed by atoms with E-state index in [0.29, 0.717) is 11.4 Å². The van der Waals surface area contributed by atoms with Gasteiger partial charge in [0.05, 0.1) is 41.3 Å². The highest BCUT2D eigenvalue weighted by Crippen LogP contribution is 2.30. The molecule has 0 unspecified atom stereocenters. The highest BCUT2D eigenvalue weighted by Gasteiger charge is 2.23. The lowest BCUT2D eigenvalue weighted by molar-refractivity contribution is -0.0522. The van der Waals surface area contributed by atoms with Crippen LogP contribution in [0.5, 0.6) is 0 Å². The third-order valence-electron chi connectivity index (χ3n) is 7.22. The summed E-state index contributed by atoms with van der Waals surface area (Å²) in [5.74, 6) is -5.97. The Hall–Kier alpha value is -3.56. The number of halogens is 6. The lowest BCUT2D eigenvalue weighted by Crippen LogP contribution is -2.33. The van der Waals surface area contributed by atoms with Gasteiger partial charge in [-0.15, -0.1) is 0 Å². The molecule has 10 nitrogen and oxygen atoms in total. The second kappa shape index (κ2) is 19.2. The molecule has 0 spiro atoms. The number of carbonyl (C=O) groups is 2. The van der Waals surface area contributed by atoms with Crippen LogP contribution in [0.3, 0.4) is 0 Å². The van der Waals surface area contributed by atoms with E-state index in [0.717, 1.165) is 36.5 Å². The number of anilines is 4. The Labute approximate surface area is 332 Å². The van der Waals surface area contributed by atoms with Gasteiger partial charge in [-0.2, -0.15) is 0 Å². The van der Waals surface area contributed by atoms with Gasteiger partial charge in [0, 0.05) is 23.9 Å². The van der Waals surface area contributed by atoms with E-state index in [1.807, 2.05) is 32.0 Å². The van der Waals surface area contributed by atoms with Crippen molar-refractivity contribution in [3.8, 4) is 0 Å². The van der Waals surface area contributed by atoms with E-state index in [2.05, 4.69) is 66.8 Å². The molecule has 4 aromatic carbocycles. The zero-order valence-corrected chi connectivity index (χ0v) is 34.0. The van der Waals surface area contributed by atoms with Crippen LogP contribution < -0.4 is 21.6 Å². The number of aliphatic hydroxyl groups is 2. The van der Waals surface area contributed by atoms with Gasteiger partial charge in [-0.3, -0.25) is 19.3 Å². The minimum Gasteiger partial charge on any atom is -0.396 e. The van der Waals surface area contributed by atoms with Crippen molar-refractivity contribution in [3.63, 3.8) is 0 Å². The minimum atomic E-state index is -1.17. The highest BCUT2D eigenvalue weighted by atomic mass is 127. The maximum atomic E-state index is 14.4. The second-order valence-electron chi connectivity index (χ2n) is 13.3. The average Bonchev–Trinajstić information content (AvgIpc) is 3.07. The molecule has 286 valence electrons. The summed E-state index contributed by atoms with van der Waals surface area (Å²) in [7, 11) is 0. The Morgan fingerprint density at radius 3 is 1.43 bits per heavy atom. The van der Waals surface area contributed by atoms with Crippen molar-refractivity contribution < 1.29 is 47.0 Å². The van der Waals surface area contributed by atoms with E-state index in [1.54, 1.807) is 32.0 Å². The Balaban J connectivity index is 0.000000286. The van der Waals surface area contributed by atoms with Crippen LogP contribution >= 0.6 is 45.2 Å². The summed E-state index contributed by atoms with van der Waals surface area (Å²) < 4.78 is 58.1. The maximum Gasteiger partial charge on any atom is 0.277 e. The monoisotopic (exact) mass is 966 g/mol. The molecule has 2 amide bonds. The molecule has 0 bridgehead atoms. The molecule has 0 aliphatic heterocycles. The summed E-state index contributed by atoms with van der Waals surface area (Å²) >= 11 is 4.29. The fourth-order valence-corrected chi connectivity index (χ4v) is 5.55. The molecule has 4 rings (SSSR count). The van der Waals surface area contributed by atoms with E-state index in [-0.39, 0.29) is 42.3 Å². The normalized spacial score (nSPS) is 11.4. The molecule has 0 aliphatic carbocycles. The largest absolute Gasteiger partial charge is 0.396 e. The van der Waals surface area contributed by atoms with Crippen molar-refractivity contribution in [1.29, 1.82) is 0 Å². The summed E-state index contributed by atoms with van der Waals surface area (Å²) in [5, 5.41) is 24.4. The van der Waals surface area contributed by atoms with Gasteiger partial charge < -0.3 is 20.8 Å². The molecule has 6 N–H and O–H groups in total. The summed E-state index contributed by atoms with van der Waals surface area (Å²) in [6.45, 7) is 9.90. The number of benzene rings is 4. The number of hydrogen-bond acceptors (Lipinski definition) is 8. The zero-order chi connectivity index (χ0) is 39.7. The van der Waals surface area contributed by atoms with Crippen LogP contribution in [0, 0.1) is 49.7 Å². The predicted octanol–water partition coefficient (Wildman–Crippen LogP) is 8.36. The Bertz CT molecular complexity index is 1940. The Morgan fingerprint density at radius 2 is 1.08 bits per heavy atom. The number of carbonyl (C=O) groups excluding carboxylic acids is 2. The number of rotatable bonds is 13. The smallest absolute Gasteiger partial charge is 0.277 e. The van der Waals surface area contributed by atoms with Crippen molar-refractivity contribution in [1.82, 2.24) is 11.0 Å². The maximum absolute atomic E-state index is 14.4. The highest BCUT2D eigenvalue weighted by molar-refractivity contribution is 14.1. The quantitative estimate of drug-likeness (QED) is 0.0447. The predicted molar refractivity (Wildman–Crippen MR) is 211 cm³/mol. The van der Waals surface area contributed by atoms with Gasteiger partial charge in [0.1, 0.15) is 6.61 Å². The van der Waals surface area contributed by atoms with Crippen LogP contribution in [0.1, 0.15) is 59.5 Å². The van der Waals surface area contributed by atoms with Gasteiger partial charge in [-0.25, -0.2) is 28.5 Å². The number of nitrogens with one attached hydrogen (secondary N) is 4. The van der Waals surface area contributed by atoms with Gasteiger partial charge in [-0.05, 0) is 145 Å². The minimum absolute atomic E-state index is 0.0535. The van der Waals surface area contributed by atoms with Crippen LogP contribution in [0.4, 0.5) is 40.3 Å². The topological polar surface area (TPSA) is 141 Å². The molecular formula is C37H40F4I2N4O6. The van der Waals surface area contributed by atoms with Gasteiger partial charge >= 0.3 is 0 Å². The molecule has 0 saturated heterocycles. The van der Waals surface area contributed by atoms with E-state index in [1.165, 1.54) is 19.9 Å². The fraction of sp³-hybridized carbons (Fsp3) is 0.297. The first kappa shape index (κ1) is 43.8. The second-order valence-corrected chi connectivity index (χ2v) is 15.8. The number of aliphatic hydroxyl groups excluding tert-OH is 1. The van der Waals surface area contributed by atoms with Crippen LogP contribution in [-0.4, -0.2) is 47.4 Å². The molecule has 0 heterocycles. The average molecular weight is 967 g/mol. The molecule has 0 saturated carbocycles. The lowest BCUT2D eigenvalue weighted by Gasteiger charge is -2.21. The third-order valence-corrected chi connectivity index (χ3v) is 8.56. The number of amides is 2.